The van der Waals surface area contributed by atoms with E-state index in [0.29, 0.717) is 16.1 Å². The molecule has 2 rings (SSSR count). The maximum absolute atomic E-state index is 12.2. The van der Waals surface area contributed by atoms with Gasteiger partial charge in [0.15, 0.2) is 5.78 Å². The van der Waals surface area contributed by atoms with Crippen molar-refractivity contribution in [3.8, 4) is 0 Å². The molecule has 1 heterocycles. The lowest BCUT2D eigenvalue weighted by molar-refractivity contribution is 0.103. The van der Waals surface area contributed by atoms with Gasteiger partial charge in [-0.3, -0.25) is 9.78 Å². The van der Waals surface area contributed by atoms with Crippen LogP contribution in [0.3, 0.4) is 0 Å². The van der Waals surface area contributed by atoms with Gasteiger partial charge in [-0.05, 0) is 37.1 Å². The van der Waals surface area contributed by atoms with Crippen molar-refractivity contribution in [2.45, 2.75) is 13.8 Å². The number of hydrogen-bond acceptors (Lipinski definition) is 2. The molecule has 0 atom stereocenters. The van der Waals surface area contributed by atoms with E-state index in [4.69, 9.17) is 11.6 Å². The van der Waals surface area contributed by atoms with Gasteiger partial charge >= 0.3 is 0 Å². The number of pyridine rings is 1. The van der Waals surface area contributed by atoms with Gasteiger partial charge in [0.05, 0.1) is 5.02 Å². The topological polar surface area (TPSA) is 30.0 Å². The smallest absolute Gasteiger partial charge is 0.194 e. The number of carbonyl (C=O) groups excluding carboxylic acids is 1. The summed E-state index contributed by atoms with van der Waals surface area (Å²) < 4.78 is 0. The van der Waals surface area contributed by atoms with Gasteiger partial charge in [0.25, 0.3) is 0 Å². The highest BCUT2D eigenvalue weighted by Gasteiger charge is 2.12. The fourth-order valence-corrected chi connectivity index (χ4v) is 1.80. The SMILES string of the molecule is Cc1ccc(C(=O)c2ccncc2Cl)cc1C. The van der Waals surface area contributed by atoms with E-state index in [9.17, 15) is 4.79 Å². The molecule has 86 valence electrons. The average Bonchev–Trinajstić information content (AvgIpc) is 2.32. The quantitative estimate of drug-likeness (QED) is 0.757. The summed E-state index contributed by atoms with van der Waals surface area (Å²) in [5.74, 6) is -0.0690. The molecule has 3 heteroatoms. The molecule has 1 aromatic heterocycles. The number of benzene rings is 1. The second kappa shape index (κ2) is 4.68. The predicted molar refractivity (Wildman–Crippen MR) is 68.6 cm³/mol. The molecule has 2 nitrogen and oxygen atoms in total. The van der Waals surface area contributed by atoms with Gasteiger partial charge in [-0.1, -0.05) is 23.7 Å². The number of nitrogens with zero attached hydrogens (tertiary/aromatic N) is 1. The predicted octanol–water partition coefficient (Wildman–Crippen LogP) is 3.58. The van der Waals surface area contributed by atoms with E-state index < -0.39 is 0 Å². The molecule has 0 amide bonds. The van der Waals surface area contributed by atoms with Crippen molar-refractivity contribution in [1.82, 2.24) is 4.98 Å². The van der Waals surface area contributed by atoms with Crippen LogP contribution in [0, 0.1) is 13.8 Å². The van der Waals surface area contributed by atoms with Gasteiger partial charge in [0.1, 0.15) is 0 Å². The largest absolute Gasteiger partial charge is 0.289 e. The molecule has 1 aromatic carbocycles. The van der Waals surface area contributed by atoms with E-state index >= 15 is 0 Å². The number of halogens is 1. The molecule has 0 saturated heterocycles. The molecule has 0 aliphatic rings. The molecular formula is C14H12ClNO. The van der Waals surface area contributed by atoms with Crippen molar-refractivity contribution >= 4 is 17.4 Å². The lowest BCUT2D eigenvalue weighted by Crippen LogP contribution is -2.03. The Bertz CT molecular complexity index is 578. The third kappa shape index (κ3) is 2.37. The number of aryl methyl sites for hydroxylation is 2. The van der Waals surface area contributed by atoms with E-state index in [1.54, 1.807) is 12.3 Å². The van der Waals surface area contributed by atoms with Crippen LogP contribution in [0.1, 0.15) is 27.0 Å². The fraction of sp³-hybridized carbons (Fsp3) is 0.143. The van der Waals surface area contributed by atoms with Crippen LogP contribution in [0.15, 0.2) is 36.7 Å². The van der Waals surface area contributed by atoms with Crippen LogP contribution in [-0.2, 0) is 0 Å². The Labute approximate surface area is 105 Å². The van der Waals surface area contributed by atoms with Crippen LogP contribution in [0.2, 0.25) is 5.02 Å². The maximum Gasteiger partial charge on any atom is 0.194 e. The molecule has 17 heavy (non-hydrogen) atoms. The van der Waals surface area contributed by atoms with Crippen LogP contribution < -0.4 is 0 Å². The van der Waals surface area contributed by atoms with Crippen molar-refractivity contribution in [3.63, 3.8) is 0 Å². The van der Waals surface area contributed by atoms with Gasteiger partial charge in [0, 0.05) is 23.5 Å². The molecule has 0 unspecified atom stereocenters. The van der Waals surface area contributed by atoms with Crippen LogP contribution in [0.5, 0.6) is 0 Å². The summed E-state index contributed by atoms with van der Waals surface area (Å²) in [5.41, 5.74) is 3.41. The van der Waals surface area contributed by atoms with E-state index in [0.717, 1.165) is 5.56 Å². The lowest BCUT2D eigenvalue weighted by Gasteiger charge is -2.05. The number of carbonyl (C=O) groups is 1. The molecule has 0 spiro atoms. The minimum absolute atomic E-state index is 0.0690. The van der Waals surface area contributed by atoms with Crippen molar-refractivity contribution in [1.29, 1.82) is 0 Å². The molecular weight excluding hydrogens is 234 g/mol. The number of rotatable bonds is 2. The van der Waals surface area contributed by atoms with Gasteiger partial charge in [-0.15, -0.1) is 0 Å². The minimum Gasteiger partial charge on any atom is -0.289 e. The van der Waals surface area contributed by atoms with Gasteiger partial charge in [0.2, 0.25) is 0 Å². The zero-order chi connectivity index (χ0) is 12.4. The third-order valence-electron chi connectivity index (χ3n) is 2.79. The summed E-state index contributed by atoms with van der Waals surface area (Å²) in [6.45, 7) is 4.00. The van der Waals surface area contributed by atoms with E-state index in [2.05, 4.69) is 4.98 Å². The van der Waals surface area contributed by atoms with Crippen LogP contribution >= 0.6 is 11.6 Å². The Hall–Kier alpha value is -1.67. The first-order valence-corrected chi connectivity index (χ1v) is 5.69. The molecule has 2 aromatic rings. The zero-order valence-corrected chi connectivity index (χ0v) is 10.5. The Kier molecular flexibility index (Phi) is 3.25. The molecule has 0 aliphatic heterocycles. The average molecular weight is 246 g/mol. The first-order chi connectivity index (χ1) is 8.09. The number of hydrogen-bond donors (Lipinski definition) is 0. The highest BCUT2D eigenvalue weighted by Crippen LogP contribution is 2.19. The second-order valence-corrected chi connectivity index (χ2v) is 4.39. The summed E-state index contributed by atoms with van der Waals surface area (Å²) in [4.78, 5) is 16.1. The van der Waals surface area contributed by atoms with E-state index in [1.165, 1.54) is 11.8 Å². The Balaban J connectivity index is 2.44. The van der Waals surface area contributed by atoms with Crippen LogP contribution in [0.4, 0.5) is 0 Å². The molecule has 0 bridgehead atoms. The number of aromatic nitrogens is 1. The summed E-state index contributed by atoms with van der Waals surface area (Å²) in [5, 5.41) is 0.385. The zero-order valence-electron chi connectivity index (χ0n) is 9.70. The normalized spacial score (nSPS) is 10.3. The van der Waals surface area contributed by atoms with Gasteiger partial charge in [-0.25, -0.2) is 0 Å². The van der Waals surface area contributed by atoms with Crippen molar-refractivity contribution in [2.75, 3.05) is 0 Å². The Morgan fingerprint density at radius 1 is 1.18 bits per heavy atom. The summed E-state index contributed by atoms with van der Waals surface area (Å²) in [6.07, 6.45) is 3.05. The molecule has 0 N–H and O–H groups in total. The molecule has 0 aliphatic carbocycles. The second-order valence-electron chi connectivity index (χ2n) is 3.98. The standard InChI is InChI=1S/C14H12ClNO/c1-9-3-4-11(7-10(9)2)14(17)12-5-6-16-8-13(12)15/h3-8H,1-2H3. The third-order valence-corrected chi connectivity index (χ3v) is 3.09. The van der Waals surface area contributed by atoms with Crippen molar-refractivity contribution in [3.05, 3.63) is 63.9 Å². The Morgan fingerprint density at radius 2 is 1.94 bits per heavy atom. The van der Waals surface area contributed by atoms with E-state index in [1.807, 2.05) is 32.0 Å². The first kappa shape index (κ1) is 11.8. The monoisotopic (exact) mass is 245 g/mol. The summed E-state index contributed by atoms with van der Waals surface area (Å²) >= 11 is 5.96. The molecule has 0 fully saturated rings. The van der Waals surface area contributed by atoms with Crippen LogP contribution in [-0.4, -0.2) is 10.8 Å². The Morgan fingerprint density at radius 3 is 2.59 bits per heavy atom. The minimum atomic E-state index is -0.0690. The number of ketones is 1. The first-order valence-electron chi connectivity index (χ1n) is 5.31. The summed E-state index contributed by atoms with van der Waals surface area (Å²) in [6, 6.07) is 7.29. The maximum atomic E-state index is 12.2. The van der Waals surface area contributed by atoms with Gasteiger partial charge < -0.3 is 0 Å². The van der Waals surface area contributed by atoms with Crippen LogP contribution in [0.25, 0.3) is 0 Å². The summed E-state index contributed by atoms with van der Waals surface area (Å²) in [7, 11) is 0. The highest BCUT2D eigenvalue weighted by molar-refractivity contribution is 6.34. The van der Waals surface area contributed by atoms with E-state index in [-0.39, 0.29) is 5.78 Å². The lowest BCUT2D eigenvalue weighted by atomic mass is 10.00. The van der Waals surface area contributed by atoms with Crippen molar-refractivity contribution < 1.29 is 4.79 Å². The molecule has 0 saturated carbocycles. The van der Waals surface area contributed by atoms with Gasteiger partial charge in [-0.2, -0.15) is 0 Å². The fourth-order valence-electron chi connectivity index (χ4n) is 1.60. The van der Waals surface area contributed by atoms with Crippen molar-refractivity contribution in [2.24, 2.45) is 0 Å². The highest BCUT2D eigenvalue weighted by atomic mass is 35.5. The molecule has 0 radical (unpaired) electrons.